The molecule has 1 heteroatoms. The average molecular weight is 193 g/mol. The number of rotatable bonds is 3. The SMILES string of the molecule is CCCC1(C(C)C(C)(C)C)C=CC=N1. The van der Waals surface area contributed by atoms with Crippen molar-refractivity contribution in [3.05, 3.63) is 12.2 Å². The van der Waals surface area contributed by atoms with Crippen molar-refractivity contribution in [3.8, 4) is 0 Å². The summed E-state index contributed by atoms with van der Waals surface area (Å²) in [5.41, 5.74) is 0.397. The molecule has 0 fully saturated rings. The van der Waals surface area contributed by atoms with Crippen LogP contribution in [0, 0.1) is 11.3 Å². The Balaban J connectivity index is 2.89. The first-order valence-electron chi connectivity index (χ1n) is 5.65. The van der Waals surface area contributed by atoms with E-state index in [1.165, 1.54) is 12.8 Å². The van der Waals surface area contributed by atoms with E-state index in [0.717, 1.165) is 0 Å². The number of aliphatic imine (C=N–C) groups is 1. The van der Waals surface area contributed by atoms with Gasteiger partial charge in [-0.3, -0.25) is 4.99 Å². The van der Waals surface area contributed by atoms with E-state index in [1.807, 2.05) is 6.21 Å². The van der Waals surface area contributed by atoms with Crippen LogP contribution in [0.2, 0.25) is 0 Å². The van der Waals surface area contributed by atoms with E-state index < -0.39 is 0 Å². The fraction of sp³-hybridized carbons (Fsp3) is 0.769. The summed E-state index contributed by atoms with van der Waals surface area (Å²) in [6.45, 7) is 11.5. The normalized spacial score (nSPS) is 28.4. The summed E-state index contributed by atoms with van der Waals surface area (Å²) in [5, 5.41) is 0. The van der Waals surface area contributed by atoms with Crippen LogP contribution in [-0.4, -0.2) is 11.8 Å². The molecule has 0 spiro atoms. The number of nitrogens with zero attached hydrogens (tertiary/aromatic N) is 1. The van der Waals surface area contributed by atoms with Crippen LogP contribution in [0.5, 0.6) is 0 Å². The largest absolute Gasteiger partial charge is 0.282 e. The highest BCUT2D eigenvalue weighted by atomic mass is 14.9. The first kappa shape index (κ1) is 11.5. The molecule has 0 N–H and O–H groups in total. The lowest BCUT2D eigenvalue weighted by Gasteiger charge is -2.39. The molecule has 1 rings (SSSR count). The Morgan fingerprint density at radius 3 is 2.36 bits per heavy atom. The van der Waals surface area contributed by atoms with E-state index in [-0.39, 0.29) is 5.54 Å². The second kappa shape index (κ2) is 3.88. The minimum absolute atomic E-state index is 0.0764. The second-order valence-corrected chi connectivity index (χ2v) is 5.47. The van der Waals surface area contributed by atoms with Crippen molar-refractivity contribution >= 4 is 6.21 Å². The molecular formula is C13H23N. The van der Waals surface area contributed by atoms with Crippen LogP contribution in [0.1, 0.15) is 47.5 Å². The van der Waals surface area contributed by atoms with Gasteiger partial charge in [-0.25, -0.2) is 0 Å². The van der Waals surface area contributed by atoms with E-state index in [1.54, 1.807) is 0 Å². The molecule has 0 bridgehead atoms. The quantitative estimate of drug-likeness (QED) is 0.645. The Labute approximate surface area is 88.3 Å². The molecule has 1 heterocycles. The van der Waals surface area contributed by atoms with Gasteiger partial charge < -0.3 is 0 Å². The molecule has 0 aromatic carbocycles. The highest BCUT2D eigenvalue weighted by Crippen LogP contribution is 2.41. The maximum absolute atomic E-state index is 4.69. The van der Waals surface area contributed by atoms with Gasteiger partial charge in [-0.1, -0.05) is 47.1 Å². The predicted molar refractivity (Wildman–Crippen MR) is 63.9 cm³/mol. The van der Waals surface area contributed by atoms with Gasteiger partial charge in [0.15, 0.2) is 0 Å². The minimum Gasteiger partial charge on any atom is -0.282 e. The van der Waals surface area contributed by atoms with E-state index in [0.29, 0.717) is 11.3 Å². The minimum atomic E-state index is 0.0764. The van der Waals surface area contributed by atoms with Crippen LogP contribution in [0.25, 0.3) is 0 Å². The van der Waals surface area contributed by atoms with Crippen LogP contribution in [-0.2, 0) is 0 Å². The predicted octanol–water partition coefficient (Wildman–Crippen LogP) is 3.85. The maximum Gasteiger partial charge on any atom is 0.0821 e. The van der Waals surface area contributed by atoms with Crippen molar-refractivity contribution in [2.45, 2.75) is 53.0 Å². The smallest absolute Gasteiger partial charge is 0.0821 e. The van der Waals surface area contributed by atoms with Gasteiger partial charge in [0.25, 0.3) is 0 Å². The lowest BCUT2D eigenvalue weighted by atomic mass is 9.68. The van der Waals surface area contributed by atoms with E-state index >= 15 is 0 Å². The molecule has 0 amide bonds. The molecule has 14 heavy (non-hydrogen) atoms. The number of hydrogen-bond donors (Lipinski definition) is 0. The molecule has 1 aliphatic rings. The molecule has 0 aromatic heterocycles. The molecule has 80 valence electrons. The van der Waals surface area contributed by atoms with Gasteiger partial charge in [0.1, 0.15) is 0 Å². The Hall–Kier alpha value is -0.590. The van der Waals surface area contributed by atoms with Crippen LogP contribution < -0.4 is 0 Å². The monoisotopic (exact) mass is 193 g/mol. The summed E-state index contributed by atoms with van der Waals surface area (Å²) in [6, 6.07) is 0. The highest BCUT2D eigenvalue weighted by Gasteiger charge is 2.39. The number of hydrogen-bond acceptors (Lipinski definition) is 1. The lowest BCUT2D eigenvalue weighted by molar-refractivity contribution is 0.172. The van der Waals surface area contributed by atoms with Gasteiger partial charge >= 0.3 is 0 Å². The van der Waals surface area contributed by atoms with Gasteiger partial charge in [0.2, 0.25) is 0 Å². The molecule has 0 saturated carbocycles. The third-order valence-corrected chi connectivity index (χ3v) is 3.49. The molecule has 0 radical (unpaired) electrons. The van der Waals surface area contributed by atoms with Crippen molar-refractivity contribution in [2.75, 3.05) is 0 Å². The number of allylic oxidation sites excluding steroid dienone is 1. The highest BCUT2D eigenvalue weighted by molar-refractivity contribution is 5.75. The zero-order chi connectivity index (χ0) is 10.8. The van der Waals surface area contributed by atoms with Crippen molar-refractivity contribution < 1.29 is 0 Å². The van der Waals surface area contributed by atoms with Gasteiger partial charge in [-0.05, 0) is 23.8 Å². The average Bonchev–Trinajstić information content (AvgIpc) is 2.52. The molecule has 0 aliphatic carbocycles. The Kier molecular flexibility index (Phi) is 3.18. The van der Waals surface area contributed by atoms with Crippen LogP contribution >= 0.6 is 0 Å². The van der Waals surface area contributed by atoms with Crippen molar-refractivity contribution in [1.29, 1.82) is 0 Å². The fourth-order valence-electron chi connectivity index (χ4n) is 2.21. The third kappa shape index (κ3) is 2.08. The Morgan fingerprint density at radius 2 is 2.00 bits per heavy atom. The summed E-state index contributed by atoms with van der Waals surface area (Å²) in [4.78, 5) is 4.69. The molecule has 0 aromatic rings. The molecule has 2 atom stereocenters. The van der Waals surface area contributed by atoms with Crippen LogP contribution in [0.4, 0.5) is 0 Å². The lowest BCUT2D eigenvalue weighted by Crippen LogP contribution is -2.38. The fourth-order valence-corrected chi connectivity index (χ4v) is 2.21. The summed E-state index contributed by atoms with van der Waals surface area (Å²) >= 11 is 0. The summed E-state index contributed by atoms with van der Waals surface area (Å²) in [5.74, 6) is 0.588. The van der Waals surface area contributed by atoms with Gasteiger partial charge in [0, 0.05) is 6.21 Å². The molecule has 1 nitrogen and oxygen atoms in total. The van der Waals surface area contributed by atoms with Crippen molar-refractivity contribution in [1.82, 2.24) is 0 Å². The van der Waals surface area contributed by atoms with Crippen LogP contribution in [0.15, 0.2) is 17.1 Å². The molecule has 2 unspecified atom stereocenters. The third-order valence-electron chi connectivity index (χ3n) is 3.49. The van der Waals surface area contributed by atoms with Gasteiger partial charge in [0.05, 0.1) is 5.54 Å². The van der Waals surface area contributed by atoms with E-state index in [4.69, 9.17) is 0 Å². The zero-order valence-electron chi connectivity index (χ0n) is 10.2. The summed E-state index contributed by atoms with van der Waals surface area (Å²) in [6.07, 6.45) is 8.70. The van der Waals surface area contributed by atoms with Crippen molar-refractivity contribution in [3.63, 3.8) is 0 Å². The Morgan fingerprint density at radius 1 is 1.36 bits per heavy atom. The molecule has 0 saturated heterocycles. The Bertz CT molecular complexity index is 230. The maximum atomic E-state index is 4.69. The van der Waals surface area contributed by atoms with E-state index in [9.17, 15) is 0 Å². The first-order valence-corrected chi connectivity index (χ1v) is 5.65. The van der Waals surface area contributed by atoms with Gasteiger partial charge in [-0.15, -0.1) is 0 Å². The van der Waals surface area contributed by atoms with E-state index in [2.05, 4.69) is 51.8 Å². The van der Waals surface area contributed by atoms with Crippen molar-refractivity contribution in [2.24, 2.45) is 16.3 Å². The topological polar surface area (TPSA) is 12.4 Å². The second-order valence-electron chi connectivity index (χ2n) is 5.47. The standard InChI is InChI=1S/C13H23N/c1-6-8-13(9-7-10-14-13)11(2)12(3,4)5/h7,9-11H,6,8H2,1-5H3. The molecule has 1 aliphatic heterocycles. The first-order chi connectivity index (χ1) is 6.42. The van der Waals surface area contributed by atoms with Gasteiger partial charge in [-0.2, -0.15) is 0 Å². The summed E-state index contributed by atoms with van der Waals surface area (Å²) in [7, 11) is 0. The molecular weight excluding hydrogens is 170 g/mol. The zero-order valence-corrected chi connectivity index (χ0v) is 10.2. The van der Waals surface area contributed by atoms with Crippen LogP contribution in [0.3, 0.4) is 0 Å². The summed E-state index contributed by atoms with van der Waals surface area (Å²) < 4.78 is 0.